The lowest BCUT2D eigenvalue weighted by Gasteiger charge is -2.02. The van der Waals surface area contributed by atoms with E-state index in [4.69, 9.17) is 9.15 Å². The van der Waals surface area contributed by atoms with Gasteiger partial charge >= 0.3 is 0 Å². The molecule has 6 nitrogen and oxygen atoms in total. The molecule has 0 atom stereocenters. The second kappa shape index (κ2) is 7.75. The zero-order valence-corrected chi connectivity index (χ0v) is 15.1. The monoisotopic (exact) mass is 371 g/mol. The van der Waals surface area contributed by atoms with Crippen LogP contribution in [0.25, 0.3) is 28.6 Å². The van der Waals surface area contributed by atoms with Crippen LogP contribution in [0.1, 0.15) is 5.56 Å². The molecule has 0 saturated heterocycles. The Hall–Kier alpha value is -3.93. The van der Waals surface area contributed by atoms with Crippen molar-refractivity contribution in [2.45, 2.75) is 0 Å². The number of fused-ring (bicyclic) bond motifs is 1. The molecule has 1 N–H and O–H groups in total. The van der Waals surface area contributed by atoms with Gasteiger partial charge in [-0.05, 0) is 54.1 Å². The molecular weight excluding hydrogens is 354 g/mol. The quantitative estimate of drug-likeness (QED) is 0.521. The number of hydrogen-bond donors (Lipinski definition) is 1. The van der Waals surface area contributed by atoms with E-state index in [1.54, 1.807) is 43.8 Å². The van der Waals surface area contributed by atoms with Crippen LogP contribution in [0.2, 0.25) is 0 Å². The zero-order chi connectivity index (χ0) is 19.3. The van der Waals surface area contributed by atoms with Crippen molar-refractivity contribution in [3.05, 3.63) is 78.6 Å². The lowest BCUT2D eigenvalue weighted by Crippen LogP contribution is -2.07. The topological polar surface area (TPSA) is 77.2 Å². The second-order valence-electron chi connectivity index (χ2n) is 6.04. The maximum Gasteiger partial charge on any atom is 0.248 e. The highest BCUT2D eigenvalue weighted by atomic mass is 16.5. The number of anilines is 1. The van der Waals surface area contributed by atoms with Crippen molar-refractivity contribution in [2.24, 2.45) is 0 Å². The predicted octanol–water partition coefficient (Wildman–Crippen LogP) is 4.55. The number of aromatic nitrogens is 2. The fraction of sp³-hybridized carbons (Fsp3) is 0.0455. The summed E-state index contributed by atoms with van der Waals surface area (Å²) in [6, 6.07) is 16.5. The average Bonchev–Trinajstić information content (AvgIpc) is 3.17. The molecule has 0 aliphatic rings. The molecule has 0 aliphatic carbocycles. The van der Waals surface area contributed by atoms with Crippen molar-refractivity contribution in [1.29, 1.82) is 0 Å². The lowest BCUT2D eigenvalue weighted by atomic mass is 10.2. The molecular formula is C22H17N3O3. The molecule has 28 heavy (non-hydrogen) atoms. The third-order valence-electron chi connectivity index (χ3n) is 4.11. The van der Waals surface area contributed by atoms with Gasteiger partial charge < -0.3 is 14.5 Å². The van der Waals surface area contributed by atoms with Gasteiger partial charge in [-0.1, -0.05) is 12.1 Å². The first-order valence-electron chi connectivity index (χ1n) is 8.65. The normalized spacial score (nSPS) is 11.0. The number of amides is 1. The summed E-state index contributed by atoms with van der Waals surface area (Å²) in [6.07, 6.45) is 6.61. The smallest absolute Gasteiger partial charge is 0.248 e. The molecule has 0 radical (unpaired) electrons. The third-order valence-corrected chi connectivity index (χ3v) is 4.11. The van der Waals surface area contributed by atoms with E-state index in [0.717, 1.165) is 16.9 Å². The minimum absolute atomic E-state index is 0.230. The van der Waals surface area contributed by atoms with Gasteiger partial charge in [0.05, 0.1) is 12.7 Å². The van der Waals surface area contributed by atoms with E-state index in [-0.39, 0.29) is 5.91 Å². The summed E-state index contributed by atoms with van der Waals surface area (Å²) in [5.74, 6) is 1.03. The van der Waals surface area contributed by atoms with Crippen molar-refractivity contribution < 1.29 is 13.9 Å². The van der Waals surface area contributed by atoms with E-state index in [1.165, 1.54) is 6.08 Å². The molecule has 0 bridgehead atoms. The molecule has 4 aromatic rings. The Morgan fingerprint density at radius 2 is 2.00 bits per heavy atom. The Morgan fingerprint density at radius 1 is 1.14 bits per heavy atom. The highest BCUT2D eigenvalue weighted by molar-refractivity contribution is 6.02. The Labute approximate surface area is 161 Å². The number of methoxy groups -OCH3 is 1. The predicted molar refractivity (Wildman–Crippen MR) is 108 cm³/mol. The molecule has 0 fully saturated rings. The van der Waals surface area contributed by atoms with E-state index in [2.05, 4.69) is 15.3 Å². The number of hydrogen-bond acceptors (Lipinski definition) is 5. The molecule has 4 rings (SSSR count). The summed E-state index contributed by atoms with van der Waals surface area (Å²) in [5.41, 5.74) is 3.65. The second-order valence-corrected chi connectivity index (χ2v) is 6.04. The Balaban J connectivity index is 1.48. The molecule has 0 unspecified atom stereocenters. The lowest BCUT2D eigenvalue weighted by molar-refractivity contribution is -0.111. The summed E-state index contributed by atoms with van der Waals surface area (Å²) in [5, 5.41) is 2.83. The van der Waals surface area contributed by atoms with Crippen LogP contribution >= 0.6 is 0 Å². The first kappa shape index (κ1) is 17.5. The Bertz CT molecular complexity index is 1130. The van der Waals surface area contributed by atoms with Gasteiger partial charge in [0.25, 0.3) is 0 Å². The Morgan fingerprint density at radius 3 is 2.75 bits per heavy atom. The van der Waals surface area contributed by atoms with Gasteiger partial charge in [0.1, 0.15) is 11.3 Å². The van der Waals surface area contributed by atoms with E-state index in [9.17, 15) is 4.79 Å². The number of pyridine rings is 1. The molecule has 138 valence electrons. The number of rotatable bonds is 5. The van der Waals surface area contributed by atoms with Gasteiger partial charge in [-0.15, -0.1) is 0 Å². The Kier molecular flexibility index (Phi) is 4.84. The molecule has 2 aromatic heterocycles. The van der Waals surface area contributed by atoms with Crippen molar-refractivity contribution in [2.75, 3.05) is 12.4 Å². The van der Waals surface area contributed by atoms with Crippen LogP contribution in [0, 0.1) is 0 Å². The zero-order valence-electron chi connectivity index (χ0n) is 15.1. The average molecular weight is 371 g/mol. The van der Waals surface area contributed by atoms with Crippen LogP contribution in [0.5, 0.6) is 5.75 Å². The molecule has 1 amide bonds. The summed E-state index contributed by atoms with van der Waals surface area (Å²) < 4.78 is 10.9. The summed E-state index contributed by atoms with van der Waals surface area (Å²) in [6.45, 7) is 0. The first-order chi connectivity index (χ1) is 13.7. The van der Waals surface area contributed by atoms with Crippen molar-refractivity contribution in [3.8, 4) is 17.2 Å². The van der Waals surface area contributed by atoms with Crippen LogP contribution < -0.4 is 10.1 Å². The third kappa shape index (κ3) is 3.91. The number of carbonyl (C=O) groups excluding carboxylic acids is 1. The highest BCUT2D eigenvalue weighted by Gasteiger charge is 2.09. The number of carbonyl (C=O) groups is 1. The van der Waals surface area contributed by atoms with Gasteiger partial charge in [0.2, 0.25) is 11.8 Å². The minimum Gasteiger partial charge on any atom is -0.497 e. The number of ether oxygens (including phenoxy) is 1. The van der Waals surface area contributed by atoms with Gasteiger partial charge in [-0.3, -0.25) is 9.78 Å². The van der Waals surface area contributed by atoms with Crippen molar-refractivity contribution >= 4 is 28.8 Å². The maximum atomic E-state index is 12.2. The van der Waals surface area contributed by atoms with E-state index in [0.29, 0.717) is 22.7 Å². The van der Waals surface area contributed by atoms with E-state index < -0.39 is 0 Å². The van der Waals surface area contributed by atoms with Crippen LogP contribution in [0.15, 0.2) is 77.5 Å². The number of oxazole rings is 1. The van der Waals surface area contributed by atoms with Gasteiger partial charge in [0, 0.05) is 24.2 Å². The highest BCUT2D eigenvalue weighted by Crippen LogP contribution is 2.25. The standard InChI is InChI=1S/C22H17N3O3/c1-27-18-8-4-15(5-9-18)6-11-21(26)24-17-7-10-20-19(13-17)25-22(28-20)16-3-2-12-23-14-16/h2-14H,1H3,(H,24,26)/b11-6-. The number of nitrogens with one attached hydrogen (secondary N) is 1. The van der Waals surface area contributed by atoms with Gasteiger partial charge in [0.15, 0.2) is 5.58 Å². The van der Waals surface area contributed by atoms with E-state index >= 15 is 0 Å². The first-order valence-corrected chi connectivity index (χ1v) is 8.65. The molecule has 0 aliphatic heterocycles. The molecule has 0 spiro atoms. The summed E-state index contributed by atoms with van der Waals surface area (Å²) >= 11 is 0. The number of benzene rings is 2. The van der Waals surface area contributed by atoms with Gasteiger partial charge in [-0.25, -0.2) is 4.98 Å². The summed E-state index contributed by atoms with van der Waals surface area (Å²) in [7, 11) is 1.61. The van der Waals surface area contributed by atoms with Crippen LogP contribution in [-0.2, 0) is 4.79 Å². The van der Waals surface area contributed by atoms with Crippen molar-refractivity contribution in [1.82, 2.24) is 9.97 Å². The maximum absolute atomic E-state index is 12.2. The molecule has 0 saturated carbocycles. The van der Waals surface area contributed by atoms with Crippen LogP contribution in [0.4, 0.5) is 5.69 Å². The molecule has 2 heterocycles. The fourth-order valence-electron chi connectivity index (χ4n) is 2.69. The van der Waals surface area contributed by atoms with E-state index in [1.807, 2.05) is 36.4 Å². The summed E-state index contributed by atoms with van der Waals surface area (Å²) in [4.78, 5) is 20.7. The van der Waals surface area contributed by atoms with Crippen LogP contribution in [0.3, 0.4) is 0 Å². The van der Waals surface area contributed by atoms with Gasteiger partial charge in [-0.2, -0.15) is 0 Å². The molecule has 6 heteroatoms. The largest absolute Gasteiger partial charge is 0.497 e. The van der Waals surface area contributed by atoms with Crippen LogP contribution in [-0.4, -0.2) is 23.0 Å². The van der Waals surface area contributed by atoms with Crippen molar-refractivity contribution in [3.63, 3.8) is 0 Å². The fourth-order valence-corrected chi connectivity index (χ4v) is 2.69. The SMILES string of the molecule is COc1ccc(/C=C\C(=O)Nc2ccc3oc(-c4cccnc4)nc3c2)cc1. The molecule has 2 aromatic carbocycles. The number of nitrogens with zero attached hydrogens (tertiary/aromatic N) is 2. The minimum atomic E-state index is -0.230.